The zero-order valence-electron chi connectivity index (χ0n) is 22.8. The molecule has 2 heterocycles. The highest BCUT2D eigenvalue weighted by molar-refractivity contribution is 7.09. The number of aromatic nitrogens is 4. The van der Waals surface area contributed by atoms with Crippen LogP contribution in [0.25, 0.3) is 11.4 Å². The zero-order valence-corrected chi connectivity index (χ0v) is 23.6. The van der Waals surface area contributed by atoms with Crippen molar-refractivity contribution in [3.8, 4) is 22.9 Å². The topological polar surface area (TPSA) is 111 Å². The first-order valence-corrected chi connectivity index (χ1v) is 14.2. The Hall–Kier alpha value is -4.32. The Morgan fingerprint density at radius 3 is 2.54 bits per heavy atom. The number of tetrazole rings is 1. The van der Waals surface area contributed by atoms with Crippen molar-refractivity contribution in [3.05, 3.63) is 76.2 Å². The number of hydrogen-bond donors (Lipinski definition) is 1. The summed E-state index contributed by atoms with van der Waals surface area (Å²) in [5, 5.41) is 17.6. The molecule has 0 aliphatic heterocycles. The predicted octanol–water partition coefficient (Wildman–Crippen LogP) is 4.39. The Labute approximate surface area is 241 Å². The predicted molar refractivity (Wildman–Crippen MR) is 151 cm³/mol. The number of rotatable bonds is 11. The maximum Gasteiger partial charge on any atom is 0.247 e. The van der Waals surface area contributed by atoms with Gasteiger partial charge in [-0.1, -0.05) is 31.0 Å². The van der Waals surface area contributed by atoms with E-state index in [1.54, 1.807) is 37.4 Å². The maximum absolute atomic E-state index is 13.9. The molecule has 0 bridgehead atoms. The number of ether oxygens (including phenoxy) is 2. The minimum atomic E-state index is -0.973. The van der Waals surface area contributed by atoms with E-state index in [1.165, 1.54) is 40.3 Å². The lowest BCUT2D eigenvalue weighted by atomic mass is 10.0. The minimum Gasteiger partial charge on any atom is -0.493 e. The van der Waals surface area contributed by atoms with Crippen molar-refractivity contribution >= 4 is 23.2 Å². The number of thiophene rings is 1. The van der Waals surface area contributed by atoms with Crippen molar-refractivity contribution in [1.82, 2.24) is 30.4 Å². The second-order valence-corrected chi connectivity index (χ2v) is 10.8. The molecule has 1 atom stereocenters. The third-order valence-electron chi connectivity index (χ3n) is 7.05. The maximum atomic E-state index is 13.9. The van der Waals surface area contributed by atoms with E-state index in [2.05, 4.69) is 20.7 Å². The first-order valence-electron chi connectivity index (χ1n) is 13.3. The Morgan fingerprint density at radius 2 is 1.85 bits per heavy atom. The van der Waals surface area contributed by atoms with Crippen molar-refractivity contribution in [2.24, 2.45) is 0 Å². The van der Waals surface area contributed by atoms with E-state index in [1.807, 2.05) is 17.5 Å². The lowest BCUT2D eigenvalue weighted by molar-refractivity contribution is -0.142. The molecule has 0 saturated heterocycles. The van der Waals surface area contributed by atoms with E-state index in [9.17, 15) is 14.0 Å². The van der Waals surface area contributed by atoms with E-state index in [-0.39, 0.29) is 30.9 Å². The summed E-state index contributed by atoms with van der Waals surface area (Å²) in [4.78, 5) is 31.3. The fourth-order valence-corrected chi connectivity index (χ4v) is 5.68. The van der Waals surface area contributed by atoms with Crippen molar-refractivity contribution < 1.29 is 23.5 Å². The number of nitrogens with one attached hydrogen (secondary N) is 1. The molecule has 0 unspecified atom stereocenters. The average molecular weight is 579 g/mol. The molecule has 41 heavy (non-hydrogen) atoms. The van der Waals surface area contributed by atoms with Gasteiger partial charge in [-0.25, -0.2) is 4.39 Å². The summed E-state index contributed by atoms with van der Waals surface area (Å²) in [5.41, 5.74) is 1.15. The number of benzene rings is 2. The summed E-state index contributed by atoms with van der Waals surface area (Å²) in [6.45, 7) is -0.0616. The molecule has 0 spiro atoms. The Bertz CT molecular complexity index is 1470. The summed E-state index contributed by atoms with van der Waals surface area (Å²) in [6, 6.07) is 13.8. The monoisotopic (exact) mass is 578 g/mol. The summed E-state index contributed by atoms with van der Waals surface area (Å²) in [7, 11) is 3.08. The molecule has 2 aromatic carbocycles. The van der Waals surface area contributed by atoms with Crippen LogP contribution in [0.15, 0.2) is 60.0 Å². The Kier molecular flexibility index (Phi) is 8.88. The second-order valence-electron chi connectivity index (χ2n) is 9.76. The standard InChI is InChI=1S/C29H31FN6O4S/c1-39-24-14-11-20(16-25(24)40-2)28-32-34-36(33-28)18-26(37)35(17-23-8-5-15-41-23)27(19-9-12-21(30)13-10-19)29(38)31-22-6-3-4-7-22/h5,8-16,22,27H,3-4,6-7,17-18H2,1-2H3,(H,31,38)/t27-/m0/s1. The summed E-state index contributed by atoms with van der Waals surface area (Å²) < 4.78 is 24.5. The molecule has 1 fully saturated rings. The van der Waals surface area contributed by atoms with Gasteiger partial charge >= 0.3 is 0 Å². The highest BCUT2D eigenvalue weighted by Gasteiger charge is 2.34. The Balaban J connectivity index is 1.43. The van der Waals surface area contributed by atoms with Crippen LogP contribution in [0.4, 0.5) is 4.39 Å². The summed E-state index contributed by atoms with van der Waals surface area (Å²) in [5.74, 6) is 0.268. The quantitative estimate of drug-likeness (QED) is 0.281. The molecule has 1 saturated carbocycles. The van der Waals surface area contributed by atoms with Crippen LogP contribution in [0.1, 0.15) is 42.2 Å². The molecule has 1 aliphatic carbocycles. The molecule has 12 heteroatoms. The lowest BCUT2D eigenvalue weighted by Crippen LogP contribution is -2.46. The number of amides is 2. The van der Waals surface area contributed by atoms with Gasteiger partial charge in [0, 0.05) is 16.5 Å². The van der Waals surface area contributed by atoms with Crippen LogP contribution in [-0.4, -0.2) is 57.2 Å². The first-order chi connectivity index (χ1) is 19.9. The molecular weight excluding hydrogens is 547 g/mol. The van der Waals surface area contributed by atoms with Crippen LogP contribution < -0.4 is 14.8 Å². The molecule has 5 rings (SSSR count). The highest BCUT2D eigenvalue weighted by atomic mass is 32.1. The normalized spacial score (nSPS) is 14.0. The fourth-order valence-electron chi connectivity index (χ4n) is 4.97. The number of halogens is 1. The zero-order chi connectivity index (χ0) is 28.8. The molecule has 2 aromatic heterocycles. The number of methoxy groups -OCH3 is 2. The van der Waals surface area contributed by atoms with Gasteiger partial charge in [0.2, 0.25) is 17.6 Å². The van der Waals surface area contributed by atoms with Gasteiger partial charge < -0.3 is 19.7 Å². The van der Waals surface area contributed by atoms with Crippen molar-refractivity contribution in [3.63, 3.8) is 0 Å². The lowest BCUT2D eigenvalue weighted by Gasteiger charge is -2.32. The molecule has 214 valence electrons. The number of hydrogen-bond acceptors (Lipinski definition) is 8. The van der Waals surface area contributed by atoms with Crippen LogP contribution in [0.3, 0.4) is 0 Å². The van der Waals surface area contributed by atoms with E-state index in [0.29, 0.717) is 28.5 Å². The van der Waals surface area contributed by atoms with Gasteiger partial charge in [0.25, 0.3) is 0 Å². The van der Waals surface area contributed by atoms with Crippen LogP contribution in [0, 0.1) is 5.82 Å². The Morgan fingerprint density at radius 1 is 1.10 bits per heavy atom. The SMILES string of the molecule is COc1ccc(-c2nnn(CC(=O)N(Cc3cccs3)[C@H](C(=O)NC3CCCC3)c3ccc(F)cc3)n2)cc1OC. The molecule has 10 nitrogen and oxygen atoms in total. The largest absolute Gasteiger partial charge is 0.493 e. The highest BCUT2D eigenvalue weighted by Crippen LogP contribution is 2.31. The second kappa shape index (κ2) is 12.9. The molecule has 2 amide bonds. The number of nitrogens with zero attached hydrogens (tertiary/aromatic N) is 5. The number of carbonyl (C=O) groups excluding carboxylic acids is 2. The average Bonchev–Trinajstić information content (AvgIpc) is 3.77. The van der Waals surface area contributed by atoms with E-state index >= 15 is 0 Å². The van der Waals surface area contributed by atoms with Gasteiger partial charge in [-0.2, -0.15) is 4.80 Å². The smallest absolute Gasteiger partial charge is 0.247 e. The van der Waals surface area contributed by atoms with E-state index in [0.717, 1.165) is 30.6 Å². The van der Waals surface area contributed by atoms with Gasteiger partial charge in [-0.3, -0.25) is 9.59 Å². The van der Waals surface area contributed by atoms with Gasteiger partial charge in [-0.15, -0.1) is 21.5 Å². The van der Waals surface area contributed by atoms with Crippen LogP contribution >= 0.6 is 11.3 Å². The van der Waals surface area contributed by atoms with E-state index < -0.39 is 11.9 Å². The third kappa shape index (κ3) is 6.71. The fraction of sp³-hybridized carbons (Fsp3) is 0.345. The van der Waals surface area contributed by atoms with E-state index in [4.69, 9.17) is 9.47 Å². The molecular formula is C29H31FN6O4S. The summed E-state index contributed by atoms with van der Waals surface area (Å²) >= 11 is 1.48. The van der Waals surface area contributed by atoms with Crippen molar-refractivity contribution in [1.29, 1.82) is 0 Å². The first kappa shape index (κ1) is 28.2. The van der Waals surface area contributed by atoms with Gasteiger partial charge in [-0.05, 0) is 65.4 Å². The molecule has 1 N–H and O–H groups in total. The van der Waals surface area contributed by atoms with Gasteiger partial charge in [0.1, 0.15) is 18.4 Å². The van der Waals surface area contributed by atoms with Crippen LogP contribution in [0.2, 0.25) is 0 Å². The molecule has 0 radical (unpaired) electrons. The minimum absolute atomic E-state index is 0.0465. The van der Waals surface area contributed by atoms with Crippen molar-refractivity contribution in [2.45, 2.75) is 50.9 Å². The molecule has 1 aliphatic rings. The molecule has 4 aromatic rings. The van der Waals surface area contributed by atoms with Crippen LogP contribution in [-0.2, 0) is 22.7 Å². The van der Waals surface area contributed by atoms with Crippen LogP contribution in [0.5, 0.6) is 11.5 Å². The van der Waals surface area contributed by atoms with Crippen molar-refractivity contribution in [2.75, 3.05) is 14.2 Å². The summed E-state index contributed by atoms with van der Waals surface area (Å²) in [6.07, 6.45) is 3.87. The van der Waals surface area contributed by atoms with Gasteiger partial charge in [0.15, 0.2) is 11.5 Å². The number of carbonyl (C=O) groups is 2. The van der Waals surface area contributed by atoms with Gasteiger partial charge in [0.05, 0.1) is 20.8 Å². The third-order valence-corrected chi connectivity index (χ3v) is 7.91.